The second-order valence-electron chi connectivity index (χ2n) is 2.77. The first kappa shape index (κ1) is 9.78. The number of para-hydroxylation sites is 1. The van der Waals surface area contributed by atoms with E-state index in [1.165, 1.54) is 6.07 Å². The summed E-state index contributed by atoms with van der Waals surface area (Å²) < 4.78 is 27.2. The van der Waals surface area contributed by atoms with Gasteiger partial charge in [0.05, 0.1) is 0 Å². The highest BCUT2D eigenvalue weighted by molar-refractivity contribution is 7.71. The number of nitrogens with zero attached hydrogens (tertiary/aromatic N) is 1. The number of benzene rings is 1. The van der Waals surface area contributed by atoms with E-state index >= 15 is 0 Å². The van der Waals surface area contributed by atoms with E-state index in [0.29, 0.717) is 0 Å². The van der Waals surface area contributed by atoms with Crippen LogP contribution in [-0.4, -0.2) is 14.8 Å². The summed E-state index contributed by atoms with van der Waals surface area (Å²) in [6, 6.07) is 3.30. The van der Waals surface area contributed by atoms with Gasteiger partial charge in [-0.1, -0.05) is 6.07 Å². The van der Waals surface area contributed by atoms with Crippen LogP contribution in [0, 0.1) is 16.4 Å². The molecule has 0 fully saturated rings. The lowest BCUT2D eigenvalue weighted by atomic mass is 10.3. The number of halogens is 2. The molecule has 78 valence electrons. The molecule has 0 unspecified atom stereocenters. The van der Waals surface area contributed by atoms with Crippen LogP contribution in [0.15, 0.2) is 23.0 Å². The minimum atomic E-state index is -0.851. The van der Waals surface area contributed by atoms with Gasteiger partial charge in [0.2, 0.25) is 4.77 Å². The number of hydrogen-bond acceptors (Lipinski definition) is 2. The van der Waals surface area contributed by atoms with Gasteiger partial charge in [-0.2, -0.15) is 0 Å². The fourth-order valence-corrected chi connectivity index (χ4v) is 1.44. The lowest BCUT2D eigenvalue weighted by molar-refractivity contribution is 0.566. The van der Waals surface area contributed by atoms with Gasteiger partial charge in [0.15, 0.2) is 0 Å². The Morgan fingerprint density at radius 3 is 2.27 bits per heavy atom. The van der Waals surface area contributed by atoms with Gasteiger partial charge in [-0.15, -0.1) is 0 Å². The monoisotopic (exact) mass is 229 g/mol. The van der Waals surface area contributed by atoms with Crippen molar-refractivity contribution in [2.45, 2.75) is 0 Å². The molecule has 0 spiro atoms. The van der Waals surface area contributed by atoms with E-state index in [1.807, 2.05) is 0 Å². The molecule has 1 aromatic heterocycles. The lowest BCUT2D eigenvalue weighted by Gasteiger charge is -2.02. The summed E-state index contributed by atoms with van der Waals surface area (Å²) in [4.78, 5) is 11.2. The number of aromatic amines is 2. The number of aromatic nitrogens is 3. The van der Waals surface area contributed by atoms with Gasteiger partial charge in [-0.25, -0.2) is 23.2 Å². The topological polar surface area (TPSA) is 53.6 Å². The van der Waals surface area contributed by atoms with E-state index in [-0.39, 0.29) is 4.77 Å². The summed E-state index contributed by atoms with van der Waals surface area (Å²) in [6.45, 7) is 0. The number of hydrogen-bond donors (Lipinski definition) is 2. The molecule has 2 aromatic rings. The highest BCUT2D eigenvalue weighted by atomic mass is 32.1. The average molecular weight is 229 g/mol. The average Bonchev–Trinajstić information content (AvgIpc) is 2.49. The van der Waals surface area contributed by atoms with Crippen LogP contribution in [0.2, 0.25) is 0 Å². The van der Waals surface area contributed by atoms with E-state index in [4.69, 9.17) is 12.2 Å². The number of rotatable bonds is 1. The van der Waals surface area contributed by atoms with E-state index in [9.17, 15) is 13.6 Å². The first-order chi connectivity index (χ1) is 7.11. The zero-order valence-electron chi connectivity index (χ0n) is 7.25. The van der Waals surface area contributed by atoms with Crippen molar-refractivity contribution < 1.29 is 8.78 Å². The summed E-state index contributed by atoms with van der Waals surface area (Å²) >= 11 is 4.72. The van der Waals surface area contributed by atoms with Crippen LogP contribution in [0.25, 0.3) is 5.69 Å². The molecule has 2 rings (SSSR count). The fourth-order valence-electron chi connectivity index (χ4n) is 1.22. The van der Waals surface area contributed by atoms with Crippen molar-refractivity contribution >= 4 is 12.2 Å². The Morgan fingerprint density at radius 2 is 1.80 bits per heavy atom. The molecule has 15 heavy (non-hydrogen) atoms. The maximum Gasteiger partial charge on any atom is 0.347 e. The third-order valence-corrected chi connectivity index (χ3v) is 2.13. The summed E-state index contributed by atoms with van der Waals surface area (Å²) in [6.07, 6.45) is 0. The van der Waals surface area contributed by atoms with E-state index < -0.39 is 23.0 Å². The molecule has 0 aliphatic heterocycles. The molecule has 7 heteroatoms. The van der Waals surface area contributed by atoms with Crippen LogP contribution in [0.4, 0.5) is 8.78 Å². The maximum absolute atomic E-state index is 13.3. The zero-order valence-corrected chi connectivity index (χ0v) is 8.07. The molecule has 1 heterocycles. The van der Waals surface area contributed by atoms with Crippen molar-refractivity contribution in [3.63, 3.8) is 0 Å². The lowest BCUT2D eigenvalue weighted by Crippen LogP contribution is -2.17. The molecule has 0 saturated carbocycles. The van der Waals surface area contributed by atoms with Crippen molar-refractivity contribution in [3.05, 3.63) is 45.1 Å². The summed E-state index contributed by atoms with van der Waals surface area (Å²) in [7, 11) is 0. The van der Waals surface area contributed by atoms with Crippen molar-refractivity contribution in [2.24, 2.45) is 0 Å². The quantitative estimate of drug-likeness (QED) is 0.728. The second kappa shape index (κ2) is 3.43. The first-order valence-corrected chi connectivity index (χ1v) is 4.36. The third kappa shape index (κ3) is 1.50. The Labute approximate surface area is 87.2 Å². The summed E-state index contributed by atoms with van der Waals surface area (Å²) in [5.41, 5.74) is -1.20. The Kier molecular flexibility index (Phi) is 2.24. The molecule has 1 aromatic carbocycles. The van der Waals surface area contributed by atoms with Crippen LogP contribution >= 0.6 is 12.2 Å². The summed E-state index contributed by atoms with van der Waals surface area (Å²) in [5, 5.41) is 4.43. The molecule has 0 atom stereocenters. The van der Waals surface area contributed by atoms with Crippen LogP contribution in [-0.2, 0) is 0 Å². The fraction of sp³-hybridized carbons (Fsp3) is 0. The predicted octanol–water partition coefficient (Wildman–Crippen LogP) is 1.50. The van der Waals surface area contributed by atoms with Gasteiger partial charge in [-0.3, -0.25) is 5.10 Å². The van der Waals surface area contributed by atoms with Crippen molar-refractivity contribution in [1.82, 2.24) is 14.8 Å². The molecule has 0 radical (unpaired) electrons. The standard InChI is InChI=1S/C8H5F2N3OS/c9-4-2-1-3-5(10)6(4)13-7(14)11-12-8(13)15/h1-3H,(H,11,14)(H,12,15). The van der Waals surface area contributed by atoms with Crippen molar-refractivity contribution in [3.8, 4) is 5.69 Å². The molecule has 0 saturated heterocycles. The van der Waals surface area contributed by atoms with Crippen LogP contribution in [0.5, 0.6) is 0 Å². The van der Waals surface area contributed by atoms with Crippen molar-refractivity contribution in [2.75, 3.05) is 0 Å². The van der Waals surface area contributed by atoms with Gasteiger partial charge >= 0.3 is 5.69 Å². The Morgan fingerprint density at radius 1 is 1.20 bits per heavy atom. The molecule has 0 amide bonds. The molecule has 2 N–H and O–H groups in total. The largest absolute Gasteiger partial charge is 0.347 e. The number of nitrogens with one attached hydrogen (secondary N) is 2. The Bertz CT molecular complexity index is 565. The molecular formula is C8H5F2N3OS. The molecule has 0 bridgehead atoms. The van der Waals surface area contributed by atoms with E-state index in [1.54, 1.807) is 0 Å². The first-order valence-electron chi connectivity index (χ1n) is 3.95. The van der Waals surface area contributed by atoms with E-state index in [0.717, 1.165) is 16.7 Å². The smallest absolute Gasteiger partial charge is 0.272 e. The predicted molar refractivity (Wildman–Crippen MR) is 51.5 cm³/mol. The maximum atomic E-state index is 13.3. The van der Waals surface area contributed by atoms with Crippen LogP contribution in [0.3, 0.4) is 0 Å². The van der Waals surface area contributed by atoms with Crippen molar-refractivity contribution in [1.29, 1.82) is 0 Å². The Hall–Kier alpha value is -1.76. The van der Waals surface area contributed by atoms with Gasteiger partial charge in [0.25, 0.3) is 0 Å². The van der Waals surface area contributed by atoms with Gasteiger partial charge in [0.1, 0.15) is 17.3 Å². The minimum absolute atomic E-state index is 0.0935. The molecule has 0 aliphatic rings. The highest BCUT2D eigenvalue weighted by Gasteiger charge is 2.13. The van der Waals surface area contributed by atoms with Gasteiger partial charge < -0.3 is 0 Å². The minimum Gasteiger partial charge on any atom is -0.272 e. The van der Waals surface area contributed by atoms with E-state index in [2.05, 4.69) is 10.2 Å². The van der Waals surface area contributed by atoms with Crippen LogP contribution < -0.4 is 5.69 Å². The second-order valence-corrected chi connectivity index (χ2v) is 3.15. The Balaban J connectivity index is 2.86. The third-order valence-electron chi connectivity index (χ3n) is 1.84. The zero-order chi connectivity index (χ0) is 11.0. The van der Waals surface area contributed by atoms with Gasteiger partial charge in [0, 0.05) is 0 Å². The van der Waals surface area contributed by atoms with Gasteiger partial charge in [-0.05, 0) is 24.4 Å². The molecular weight excluding hydrogens is 224 g/mol. The van der Waals surface area contributed by atoms with Crippen LogP contribution in [0.1, 0.15) is 0 Å². The SMILES string of the molecule is O=c1[nH][nH]c(=S)n1-c1c(F)cccc1F. The molecule has 0 aliphatic carbocycles. The number of H-pyrrole nitrogens is 2. The highest BCUT2D eigenvalue weighted by Crippen LogP contribution is 2.15. The normalized spacial score (nSPS) is 10.5. The summed E-state index contributed by atoms with van der Waals surface area (Å²) in [5.74, 6) is -1.70. The molecule has 4 nitrogen and oxygen atoms in total.